The molecule has 2 atom stereocenters. The molecule has 0 aliphatic heterocycles. The Hall–Kier alpha value is -1.93. The third-order valence-electron chi connectivity index (χ3n) is 4.19. The molecular formula is C21H37NO7. The predicted molar refractivity (Wildman–Crippen MR) is 107 cm³/mol. The van der Waals surface area contributed by atoms with Crippen LogP contribution in [0.2, 0.25) is 0 Å². The van der Waals surface area contributed by atoms with E-state index in [2.05, 4.69) is 0 Å². The average Bonchev–Trinajstić information content (AvgIpc) is 2.53. The maximum absolute atomic E-state index is 12.0. The lowest BCUT2D eigenvalue weighted by Crippen LogP contribution is -2.45. The van der Waals surface area contributed by atoms with E-state index in [1.54, 1.807) is 6.08 Å². The van der Waals surface area contributed by atoms with Gasteiger partial charge in [-0.05, 0) is 19.3 Å². The van der Waals surface area contributed by atoms with Gasteiger partial charge in [0.15, 0.2) is 6.10 Å². The number of rotatable bonds is 17. The van der Waals surface area contributed by atoms with E-state index in [4.69, 9.17) is 9.84 Å². The SMILES string of the molecule is C[N+](C)(C)CC(CC(=O)[O-])OC(=O)CC(O)/C=C/CCCCCCCCC(=O)O. The lowest BCUT2D eigenvalue weighted by molar-refractivity contribution is -0.873. The molecule has 8 heteroatoms. The lowest BCUT2D eigenvalue weighted by Gasteiger charge is -2.29. The molecule has 0 aromatic carbocycles. The van der Waals surface area contributed by atoms with Gasteiger partial charge in [0.2, 0.25) is 0 Å². The first kappa shape index (κ1) is 27.1. The van der Waals surface area contributed by atoms with Crippen molar-refractivity contribution in [2.24, 2.45) is 0 Å². The Balaban J connectivity index is 4.00. The Kier molecular flexibility index (Phi) is 14.0. The second kappa shape index (κ2) is 15.0. The van der Waals surface area contributed by atoms with Gasteiger partial charge in [-0.3, -0.25) is 9.59 Å². The lowest BCUT2D eigenvalue weighted by atomic mass is 10.1. The van der Waals surface area contributed by atoms with Gasteiger partial charge in [-0.2, -0.15) is 0 Å². The molecule has 0 aromatic heterocycles. The highest BCUT2D eigenvalue weighted by Gasteiger charge is 2.23. The van der Waals surface area contributed by atoms with Gasteiger partial charge in [-0.25, -0.2) is 0 Å². The van der Waals surface area contributed by atoms with Gasteiger partial charge in [-0.1, -0.05) is 37.8 Å². The highest BCUT2D eigenvalue weighted by Crippen LogP contribution is 2.10. The molecule has 0 amide bonds. The molecule has 0 aromatic rings. The fourth-order valence-corrected chi connectivity index (χ4v) is 2.91. The predicted octanol–water partition coefficient (Wildman–Crippen LogP) is 1.26. The van der Waals surface area contributed by atoms with Crippen molar-refractivity contribution in [3.8, 4) is 0 Å². The van der Waals surface area contributed by atoms with Crippen molar-refractivity contribution in [1.82, 2.24) is 0 Å². The number of carbonyl (C=O) groups excluding carboxylic acids is 2. The standard InChI is InChI=1S/C21H37NO7/c1-22(2,3)16-18(15-20(26)27)29-21(28)14-17(23)12-10-8-6-4-5-7-9-11-13-19(24)25/h10,12,17-18,23H,4-9,11,13-16H2,1-3H3,(H-,24,25,26,27)/b12-10+. The van der Waals surface area contributed by atoms with Crippen molar-refractivity contribution in [1.29, 1.82) is 0 Å². The van der Waals surface area contributed by atoms with Gasteiger partial charge in [0.25, 0.3) is 0 Å². The summed E-state index contributed by atoms with van der Waals surface area (Å²) in [6.07, 6.45) is 7.76. The number of aliphatic hydroxyl groups excluding tert-OH is 1. The van der Waals surface area contributed by atoms with Crippen LogP contribution in [0.25, 0.3) is 0 Å². The van der Waals surface area contributed by atoms with Crippen LogP contribution in [0, 0.1) is 0 Å². The van der Waals surface area contributed by atoms with Gasteiger partial charge in [0.1, 0.15) is 6.54 Å². The van der Waals surface area contributed by atoms with Gasteiger partial charge in [0.05, 0.1) is 33.7 Å². The van der Waals surface area contributed by atoms with Gasteiger partial charge in [-0.15, -0.1) is 0 Å². The van der Waals surface area contributed by atoms with E-state index in [-0.39, 0.29) is 19.3 Å². The molecule has 0 bridgehead atoms. The second-order valence-corrected chi connectivity index (χ2v) is 8.41. The van der Waals surface area contributed by atoms with Gasteiger partial charge in [0, 0.05) is 18.8 Å². The first-order valence-electron chi connectivity index (χ1n) is 10.3. The number of likely N-dealkylation sites (N-methyl/N-ethyl adjacent to an activating group) is 1. The largest absolute Gasteiger partial charge is 0.550 e. The van der Waals surface area contributed by atoms with E-state index in [0.717, 1.165) is 44.9 Å². The molecule has 2 unspecified atom stereocenters. The number of carboxylic acids is 2. The number of aliphatic hydroxyl groups is 1. The number of hydrogen-bond donors (Lipinski definition) is 2. The minimum absolute atomic E-state index is 0.221. The van der Waals surface area contributed by atoms with Crippen LogP contribution >= 0.6 is 0 Å². The van der Waals surface area contributed by atoms with Crippen molar-refractivity contribution in [2.45, 2.75) is 76.4 Å². The van der Waals surface area contributed by atoms with Crippen LogP contribution in [-0.2, 0) is 19.1 Å². The van der Waals surface area contributed by atoms with Crippen molar-refractivity contribution in [3.05, 3.63) is 12.2 Å². The summed E-state index contributed by atoms with van der Waals surface area (Å²) in [5.41, 5.74) is 0. The number of hydrogen-bond acceptors (Lipinski definition) is 6. The minimum atomic E-state index is -1.28. The van der Waals surface area contributed by atoms with Gasteiger partial charge >= 0.3 is 11.9 Å². The molecular weight excluding hydrogens is 378 g/mol. The van der Waals surface area contributed by atoms with E-state index in [0.29, 0.717) is 11.0 Å². The molecule has 0 saturated heterocycles. The highest BCUT2D eigenvalue weighted by molar-refractivity contribution is 5.71. The van der Waals surface area contributed by atoms with E-state index in [1.165, 1.54) is 0 Å². The molecule has 168 valence electrons. The molecule has 0 saturated carbocycles. The number of allylic oxidation sites excluding steroid dienone is 1. The van der Waals surface area contributed by atoms with E-state index >= 15 is 0 Å². The van der Waals surface area contributed by atoms with Crippen molar-refractivity contribution in [3.63, 3.8) is 0 Å². The van der Waals surface area contributed by atoms with Crippen LogP contribution in [-0.4, -0.2) is 72.5 Å². The second-order valence-electron chi connectivity index (χ2n) is 8.41. The Morgan fingerprint density at radius 3 is 2.14 bits per heavy atom. The summed E-state index contributed by atoms with van der Waals surface area (Å²) < 4.78 is 5.65. The number of carbonyl (C=O) groups is 3. The molecule has 0 rings (SSSR count). The zero-order chi connectivity index (χ0) is 22.3. The maximum Gasteiger partial charge on any atom is 0.309 e. The molecule has 0 aliphatic carbocycles. The summed E-state index contributed by atoms with van der Waals surface area (Å²) in [7, 11) is 5.59. The first-order chi connectivity index (χ1) is 13.5. The third-order valence-corrected chi connectivity index (χ3v) is 4.19. The molecule has 2 N–H and O–H groups in total. The Labute approximate surface area is 173 Å². The first-order valence-corrected chi connectivity index (χ1v) is 10.3. The topological polar surface area (TPSA) is 124 Å². The smallest absolute Gasteiger partial charge is 0.309 e. The van der Waals surface area contributed by atoms with E-state index in [9.17, 15) is 24.6 Å². The number of unbranched alkanes of at least 4 members (excludes halogenated alkanes) is 6. The summed E-state index contributed by atoms with van der Waals surface area (Å²) in [4.78, 5) is 33.2. The highest BCUT2D eigenvalue weighted by atomic mass is 16.5. The molecule has 0 fully saturated rings. The van der Waals surface area contributed by atoms with Crippen LogP contribution in [0.5, 0.6) is 0 Å². The van der Waals surface area contributed by atoms with Crippen molar-refractivity contribution >= 4 is 17.9 Å². The number of nitrogens with zero attached hydrogens (tertiary/aromatic N) is 1. The zero-order valence-corrected chi connectivity index (χ0v) is 18.0. The molecule has 0 heterocycles. The minimum Gasteiger partial charge on any atom is -0.550 e. The van der Waals surface area contributed by atoms with E-state index < -0.39 is 30.1 Å². The van der Waals surface area contributed by atoms with Crippen LogP contribution in [0.1, 0.15) is 64.2 Å². The summed E-state index contributed by atoms with van der Waals surface area (Å²) >= 11 is 0. The fraction of sp³-hybridized carbons (Fsp3) is 0.762. The normalized spacial score (nSPS) is 13.9. The van der Waals surface area contributed by atoms with Crippen LogP contribution in [0.15, 0.2) is 12.2 Å². The number of aliphatic carboxylic acids is 2. The summed E-state index contributed by atoms with van der Waals surface area (Å²) in [5.74, 6) is -2.66. The number of quaternary nitrogens is 1. The monoisotopic (exact) mass is 415 g/mol. The number of esters is 1. The van der Waals surface area contributed by atoms with Crippen molar-refractivity contribution < 1.29 is 38.9 Å². The Bertz CT molecular complexity index is 526. The average molecular weight is 416 g/mol. The van der Waals surface area contributed by atoms with Gasteiger partial charge < -0.3 is 29.3 Å². The Morgan fingerprint density at radius 2 is 1.59 bits per heavy atom. The van der Waals surface area contributed by atoms with Crippen LogP contribution < -0.4 is 5.11 Å². The summed E-state index contributed by atoms with van der Waals surface area (Å²) in [6, 6.07) is 0. The third kappa shape index (κ3) is 19.2. The molecule has 0 radical (unpaired) electrons. The van der Waals surface area contributed by atoms with E-state index in [1.807, 2.05) is 27.2 Å². The molecule has 0 spiro atoms. The summed E-state index contributed by atoms with van der Waals surface area (Å²) in [6.45, 7) is 0.335. The zero-order valence-electron chi connectivity index (χ0n) is 18.0. The maximum atomic E-state index is 12.0. The molecule has 29 heavy (non-hydrogen) atoms. The summed E-state index contributed by atoms with van der Waals surface area (Å²) in [5, 5.41) is 29.3. The van der Waals surface area contributed by atoms with Crippen LogP contribution in [0.4, 0.5) is 0 Å². The van der Waals surface area contributed by atoms with Crippen LogP contribution in [0.3, 0.4) is 0 Å². The number of ether oxygens (including phenoxy) is 1. The molecule has 0 aliphatic rings. The molecule has 8 nitrogen and oxygen atoms in total. The Morgan fingerprint density at radius 1 is 1.00 bits per heavy atom. The quantitative estimate of drug-likeness (QED) is 0.159. The number of carboxylic acid groups (broad SMARTS) is 2. The fourth-order valence-electron chi connectivity index (χ4n) is 2.91. The van der Waals surface area contributed by atoms with Crippen molar-refractivity contribution in [2.75, 3.05) is 27.7 Å².